The van der Waals surface area contributed by atoms with Gasteiger partial charge in [-0.25, -0.2) is 4.39 Å². The third-order valence-electron chi connectivity index (χ3n) is 3.16. The summed E-state index contributed by atoms with van der Waals surface area (Å²) < 4.78 is 19.6. The van der Waals surface area contributed by atoms with Crippen molar-refractivity contribution in [1.29, 1.82) is 0 Å². The third-order valence-corrected chi connectivity index (χ3v) is 3.16. The number of carbonyl (C=O) groups excluding carboxylic acids is 1. The second-order valence-corrected chi connectivity index (χ2v) is 5.09. The average molecular weight is 296 g/mol. The minimum atomic E-state index is -0.362. The Kier molecular flexibility index (Phi) is 10.6. The number of hydrogen-bond acceptors (Lipinski definition) is 2. The molecule has 0 saturated heterocycles. The molecule has 0 aliphatic heterocycles. The molecular weight excluding hydrogens is 267 g/mol. The van der Waals surface area contributed by atoms with Crippen LogP contribution in [0, 0.1) is 0 Å². The summed E-state index contributed by atoms with van der Waals surface area (Å²) in [6.07, 6.45) is 8.32. The fourth-order valence-electron chi connectivity index (χ4n) is 2.00. The van der Waals surface area contributed by atoms with E-state index in [0.29, 0.717) is 18.4 Å². The molecule has 21 heavy (non-hydrogen) atoms. The molecule has 0 spiro atoms. The number of rotatable bonds is 9. The number of allylic oxidation sites excluding steroid dienone is 4. The van der Waals surface area contributed by atoms with Crippen LogP contribution in [0.3, 0.4) is 0 Å². The Morgan fingerprint density at radius 1 is 1.24 bits per heavy atom. The Labute approximate surface area is 128 Å². The molecule has 0 aromatic rings. The molecule has 2 nitrogen and oxygen atoms in total. The minimum absolute atomic E-state index is 0.218. The standard InChI is InChI=1S/C18H29FO2/c1-6-10-14(5)16(19)13-15(9-4)17(11-7-2)21-18(20)12-8-3/h9-10,13,17H,6-8,11-12H2,1-5H3/b14-10-,15-9+,16-13+. The molecule has 1 atom stereocenters. The van der Waals surface area contributed by atoms with E-state index in [1.54, 1.807) is 6.92 Å². The zero-order valence-corrected chi connectivity index (χ0v) is 14.0. The first-order valence-electron chi connectivity index (χ1n) is 7.90. The highest BCUT2D eigenvalue weighted by Gasteiger charge is 2.17. The van der Waals surface area contributed by atoms with E-state index >= 15 is 0 Å². The molecule has 0 N–H and O–H groups in total. The summed E-state index contributed by atoms with van der Waals surface area (Å²) in [5.41, 5.74) is 1.34. The minimum Gasteiger partial charge on any atom is -0.457 e. The summed E-state index contributed by atoms with van der Waals surface area (Å²) >= 11 is 0. The van der Waals surface area contributed by atoms with Gasteiger partial charge in [0.1, 0.15) is 11.9 Å². The van der Waals surface area contributed by atoms with Gasteiger partial charge in [0.05, 0.1) is 0 Å². The van der Waals surface area contributed by atoms with Crippen LogP contribution >= 0.6 is 0 Å². The molecular formula is C18H29FO2. The maximum atomic E-state index is 14.1. The van der Waals surface area contributed by atoms with Gasteiger partial charge in [-0.15, -0.1) is 0 Å². The van der Waals surface area contributed by atoms with Gasteiger partial charge in [0.25, 0.3) is 0 Å². The first kappa shape index (κ1) is 19.6. The normalized spacial score (nSPS) is 15.0. The molecule has 0 fully saturated rings. The molecule has 0 aliphatic rings. The van der Waals surface area contributed by atoms with Crippen LogP contribution in [0.5, 0.6) is 0 Å². The lowest BCUT2D eigenvalue weighted by Gasteiger charge is -2.19. The molecule has 0 bridgehead atoms. The number of halogens is 1. The Bertz CT molecular complexity index is 405. The van der Waals surface area contributed by atoms with Crippen LogP contribution < -0.4 is 0 Å². The molecule has 0 aromatic heterocycles. The zero-order chi connectivity index (χ0) is 16.3. The van der Waals surface area contributed by atoms with Gasteiger partial charge < -0.3 is 4.74 Å². The van der Waals surface area contributed by atoms with Gasteiger partial charge in [-0.05, 0) is 50.3 Å². The van der Waals surface area contributed by atoms with Gasteiger partial charge in [0.15, 0.2) is 0 Å². The Morgan fingerprint density at radius 2 is 1.90 bits per heavy atom. The molecule has 0 rings (SSSR count). The summed E-state index contributed by atoms with van der Waals surface area (Å²) in [7, 11) is 0. The molecule has 1 unspecified atom stereocenters. The number of hydrogen-bond donors (Lipinski definition) is 0. The number of ether oxygens (including phenoxy) is 1. The van der Waals surface area contributed by atoms with E-state index < -0.39 is 0 Å². The lowest BCUT2D eigenvalue weighted by Crippen LogP contribution is -2.19. The van der Waals surface area contributed by atoms with Crippen molar-refractivity contribution in [1.82, 2.24) is 0 Å². The van der Waals surface area contributed by atoms with Crippen LogP contribution in [0.25, 0.3) is 0 Å². The van der Waals surface area contributed by atoms with Crippen molar-refractivity contribution in [2.24, 2.45) is 0 Å². The highest BCUT2D eigenvalue weighted by Crippen LogP contribution is 2.21. The highest BCUT2D eigenvalue weighted by atomic mass is 19.1. The SMILES string of the molecule is C\C=C(/C=C(F)\C(C)=C/CC)C(CCC)OC(=O)CCC. The van der Waals surface area contributed by atoms with Crippen molar-refractivity contribution < 1.29 is 13.9 Å². The average Bonchev–Trinajstić information content (AvgIpc) is 2.44. The van der Waals surface area contributed by atoms with Crippen LogP contribution in [0.4, 0.5) is 4.39 Å². The zero-order valence-electron chi connectivity index (χ0n) is 14.0. The van der Waals surface area contributed by atoms with Gasteiger partial charge in [-0.2, -0.15) is 0 Å². The van der Waals surface area contributed by atoms with E-state index in [9.17, 15) is 9.18 Å². The fourth-order valence-corrected chi connectivity index (χ4v) is 2.00. The maximum absolute atomic E-state index is 14.1. The summed E-state index contributed by atoms with van der Waals surface area (Å²) in [6, 6.07) is 0. The molecule has 3 heteroatoms. The Balaban J connectivity index is 5.12. The molecule has 0 saturated carbocycles. The largest absolute Gasteiger partial charge is 0.457 e. The lowest BCUT2D eigenvalue weighted by atomic mass is 10.0. The molecule has 0 heterocycles. The van der Waals surface area contributed by atoms with Crippen molar-refractivity contribution in [3.05, 3.63) is 35.2 Å². The second-order valence-electron chi connectivity index (χ2n) is 5.09. The quantitative estimate of drug-likeness (QED) is 0.405. The van der Waals surface area contributed by atoms with Gasteiger partial charge in [0.2, 0.25) is 0 Å². The van der Waals surface area contributed by atoms with Gasteiger partial charge >= 0.3 is 5.97 Å². The van der Waals surface area contributed by atoms with Crippen LogP contribution in [-0.2, 0) is 9.53 Å². The predicted octanol–water partition coefficient (Wildman–Crippen LogP) is 5.65. The smallest absolute Gasteiger partial charge is 0.306 e. The van der Waals surface area contributed by atoms with E-state index in [4.69, 9.17) is 4.74 Å². The second kappa shape index (κ2) is 11.3. The third kappa shape index (κ3) is 7.84. The summed E-state index contributed by atoms with van der Waals surface area (Å²) in [4.78, 5) is 11.7. The van der Waals surface area contributed by atoms with Crippen LogP contribution in [0.1, 0.15) is 66.7 Å². The van der Waals surface area contributed by atoms with Crippen molar-refractivity contribution in [3.8, 4) is 0 Å². The van der Waals surface area contributed by atoms with E-state index in [1.165, 1.54) is 6.08 Å². The fraction of sp³-hybridized carbons (Fsp3) is 0.611. The number of carbonyl (C=O) groups is 1. The van der Waals surface area contributed by atoms with Crippen molar-refractivity contribution in [2.75, 3.05) is 0 Å². The lowest BCUT2D eigenvalue weighted by molar-refractivity contribution is -0.147. The summed E-state index contributed by atoms with van der Waals surface area (Å²) in [5, 5.41) is 0. The first-order chi connectivity index (χ1) is 9.99. The molecule has 0 radical (unpaired) electrons. The summed E-state index contributed by atoms with van der Waals surface area (Å²) in [6.45, 7) is 9.52. The predicted molar refractivity (Wildman–Crippen MR) is 86.7 cm³/mol. The monoisotopic (exact) mass is 296 g/mol. The van der Waals surface area contributed by atoms with E-state index in [0.717, 1.165) is 24.8 Å². The van der Waals surface area contributed by atoms with Gasteiger partial charge in [-0.1, -0.05) is 39.3 Å². The van der Waals surface area contributed by atoms with Crippen molar-refractivity contribution in [2.45, 2.75) is 72.8 Å². The first-order valence-corrected chi connectivity index (χ1v) is 7.90. The Hall–Kier alpha value is -1.38. The maximum Gasteiger partial charge on any atom is 0.306 e. The topological polar surface area (TPSA) is 26.3 Å². The van der Waals surface area contributed by atoms with E-state index in [2.05, 4.69) is 0 Å². The molecule has 120 valence electrons. The van der Waals surface area contributed by atoms with E-state index in [-0.39, 0.29) is 17.9 Å². The molecule has 0 amide bonds. The molecule has 0 aliphatic carbocycles. The van der Waals surface area contributed by atoms with Crippen molar-refractivity contribution >= 4 is 5.97 Å². The van der Waals surface area contributed by atoms with Gasteiger partial charge in [0, 0.05) is 6.42 Å². The highest BCUT2D eigenvalue weighted by molar-refractivity contribution is 5.69. The van der Waals surface area contributed by atoms with E-state index in [1.807, 2.05) is 39.8 Å². The number of esters is 1. The Morgan fingerprint density at radius 3 is 2.38 bits per heavy atom. The van der Waals surface area contributed by atoms with Crippen LogP contribution in [-0.4, -0.2) is 12.1 Å². The van der Waals surface area contributed by atoms with Crippen LogP contribution in [0.15, 0.2) is 35.2 Å². The van der Waals surface area contributed by atoms with Gasteiger partial charge in [-0.3, -0.25) is 4.79 Å². The summed E-state index contributed by atoms with van der Waals surface area (Å²) in [5.74, 6) is -0.484. The van der Waals surface area contributed by atoms with Crippen molar-refractivity contribution in [3.63, 3.8) is 0 Å². The molecule has 0 aromatic carbocycles. The van der Waals surface area contributed by atoms with Crippen LogP contribution in [0.2, 0.25) is 0 Å².